The summed E-state index contributed by atoms with van der Waals surface area (Å²) in [6.07, 6.45) is 0. The second-order valence-electron chi connectivity index (χ2n) is 3.08. The summed E-state index contributed by atoms with van der Waals surface area (Å²) in [6.45, 7) is -0.0825. The molecule has 2 aromatic rings. The van der Waals surface area contributed by atoms with Crippen LogP contribution in [0.25, 0.3) is 11.3 Å². The fourth-order valence-electron chi connectivity index (χ4n) is 1.40. The zero-order valence-corrected chi connectivity index (χ0v) is 8.95. The van der Waals surface area contributed by atoms with Gasteiger partial charge in [-0.2, -0.15) is 16.6 Å². The van der Waals surface area contributed by atoms with Gasteiger partial charge in [-0.05, 0) is 11.4 Å². The summed E-state index contributed by atoms with van der Waals surface area (Å²) in [5.41, 5.74) is 0.218. The topological polar surface area (TPSA) is 78.7 Å². The molecule has 0 aliphatic rings. The first kappa shape index (κ1) is 10.4. The van der Waals surface area contributed by atoms with Gasteiger partial charge in [-0.25, -0.2) is 4.79 Å². The first-order chi connectivity index (χ1) is 7.72. The van der Waals surface area contributed by atoms with Gasteiger partial charge in [-0.3, -0.25) is 14.3 Å². The minimum atomic E-state index is -0.560. The first-order valence-electron chi connectivity index (χ1n) is 4.46. The summed E-state index contributed by atoms with van der Waals surface area (Å²) in [6, 6.07) is 5.01. The third-order valence-electron chi connectivity index (χ3n) is 2.08. The lowest BCUT2D eigenvalue weighted by molar-refractivity contribution is 0.753. The van der Waals surface area contributed by atoms with E-state index >= 15 is 0 Å². The van der Waals surface area contributed by atoms with Crippen LogP contribution < -0.4 is 11.2 Å². The average Bonchev–Trinajstić information content (AvgIpc) is 2.75. The molecule has 2 aromatic heterocycles. The van der Waals surface area contributed by atoms with Crippen molar-refractivity contribution in [2.45, 2.75) is 6.54 Å². The van der Waals surface area contributed by atoms with Crippen molar-refractivity contribution >= 4 is 11.3 Å². The Bertz CT molecular complexity index is 646. The SMILES string of the molecule is N#CCn1c(-c2ccsc2)cc(=O)[nH]c1=O. The van der Waals surface area contributed by atoms with Gasteiger partial charge in [0.1, 0.15) is 6.54 Å². The molecule has 0 aliphatic heterocycles. The number of nitrogens with one attached hydrogen (secondary N) is 1. The highest BCUT2D eigenvalue weighted by Crippen LogP contribution is 2.19. The lowest BCUT2D eigenvalue weighted by Crippen LogP contribution is -2.30. The van der Waals surface area contributed by atoms with E-state index in [9.17, 15) is 9.59 Å². The van der Waals surface area contributed by atoms with Crippen LogP contribution in [0.4, 0.5) is 0 Å². The minimum Gasteiger partial charge on any atom is -0.279 e. The smallest absolute Gasteiger partial charge is 0.279 e. The van der Waals surface area contributed by atoms with Gasteiger partial charge in [0, 0.05) is 17.0 Å². The Labute approximate surface area is 94.2 Å². The Morgan fingerprint density at radius 1 is 1.50 bits per heavy atom. The summed E-state index contributed by atoms with van der Waals surface area (Å²) in [5, 5.41) is 12.3. The van der Waals surface area contributed by atoms with E-state index in [1.807, 2.05) is 16.8 Å². The molecule has 80 valence electrons. The molecular formula is C10H7N3O2S. The van der Waals surface area contributed by atoms with Crippen LogP contribution in [0.5, 0.6) is 0 Å². The van der Waals surface area contributed by atoms with Crippen LogP contribution in [-0.4, -0.2) is 9.55 Å². The van der Waals surface area contributed by atoms with Crippen molar-refractivity contribution in [1.82, 2.24) is 9.55 Å². The number of nitriles is 1. The van der Waals surface area contributed by atoms with Crippen molar-refractivity contribution in [2.24, 2.45) is 0 Å². The highest BCUT2D eigenvalue weighted by molar-refractivity contribution is 7.08. The van der Waals surface area contributed by atoms with Gasteiger partial charge < -0.3 is 0 Å². The van der Waals surface area contributed by atoms with Gasteiger partial charge in [0.2, 0.25) is 0 Å². The quantitative estimate of drug-likeness (QED) is 0.832. The molecule has 0 saturated carbocycles. The number of H-pyrrole nitrogens is 1. The molecule has 0 radical (unpaired) electrons. The number of aromatic amines is 1. The lowest BCUT2D eigenvalue weighted by Gasteiger charge is -2.06. The van der Waals surface area contributed by atoms with Crippen molar-refractivity contribution in [1.29, 1.82) is 5.26 Å². The maximum atomic E-state index is 11.5. The standard InChI is InChI=1S/C10H7N3O2S/c11-2-3-13-8(7-1-4-16-6-7)5-9(14)12-10(13)15/h1,4-6H,3H2,(H,12,14,15). The van der Waals surface area contributed by atoms with Gasteiger partial charge in [0.25, 0.3) is 5.56 Å². The van der Waals surface area contributed by atoms with E-state index in [-0.39, 0.29) is 6.54 Å². The molecule has 2 rings (SSSR count). The summed E-state index contributed by atoms with van der Waals surface area (Å²) in [5.74, 6) is 0. The predicted molar refractivity (Wildman–Crippen MR) is 60.2 cm³/mol. The molecule has 0 aromatic carbocycles. The molecule has 0 fully saturated rings. The highest BCUT2D eigenvalue weighted by Gasteiger charge is 2.07. The Morgan fingerprint density at radius 3 is 2.94 bits per heavy atom. The Balaban J connectivity index is 2.73. The second kappa shape index (κ2) is 4.16. The summed E-state index contributed by atoms with van der Waals surface area (Å²) < 4.78 is 1.24. The Hall–Kier alpha value is -2.13. The number of hydrogen-bond acceptors (Lipinski definition) is 4. The molecule has 0 bridgehead atoms. The van der Waals surface area contributed by atoms with Gasteiger partial charge in [0.15, 0.2) is 0 Å². The predicted octanol–water partition coefficient (Wildman–Crippen LogP) is 0.789. The lowest BCUT2D eigenvalue weighted by atomic mass is 10.2. The zero-order chi connectivity index (χ0) is 11.5. The van der Waals surface area contributed by atoms with Gasteiger partial charge >= 0.3 is 5.69 Å². The molecule has 0 unspecified atom stereocenters. The van der Waals surface area contributed by atoms with Gasteiger partial charge in [-0.15, -0.1) is 0 Å². The monoisotopic (exact) mass is 233 g/mol. The maximum absolute atomic E-state index is 11.5. The second-order valence-corrected chi connectivity index (χ2v) is 3.86. The van der Waals surface area contributed by atoms with Crippen molar-refractivity contribution in [3.63, 3.8) is 0 Å². The normalized spacial score (nSPS) is 9.94. The molecule has 0 aliphatic carbocycles. The van der Waals surface area contributed by atoms with E-state index in [4.69, 9.17) is 5.26 Å². The first-order valence-corrected chi connectivity index (χ1v) is 5.40. The van der Waals surface area contributed by atoms with E-state index in [2.05, 4.69) is 4.98 Å². The third kappa shape index (κ3) is 1.81. The van der Waals surface area contributed by atoms with Crippen LogP contribution >= 0.6 is 11.3 Å². The summed E-state index contributed by atoms with van der Waals surface area (Å²) in [7, 11) is 0. The van der Waals surface area contributed by atoms with E-state index < -0.39 is 11.2 Å². The van der Waals surface area contributed by atoms with E-state index in [0.29, 0.717) is 5.69 Å². The van der Waals surface area contributed by atoms with Gasteiger partial charge in [0.05, 0.1) is 11.8 Å². The van der Waals surface area contributed by atoms with E-state index in [1.54, 1.807) is 6.07 Å². The van der Waals surface area contributed by atoms with Crippen molar-refractivity contribution in [3.05, 3.63) is 43.7 Å². The fraction of sp³-hybridized carbons (Fsp3) is 0.100. The summed E-state index contributed by atoms with van der Waals surface area (Å²) in [4.78, 5) is 24.9. The van der Waals surface area contributed by atoms with Crippen LogP contribution in [0.2, 0.25) is 0 Å². The highest BCUT2D eigenvalue weighted by atomic mass is 32.1. The molecule has 0 amide bonds. The van der Waals surface area contributed by atoms with Crippen molar-refractivity contribution < 1.29 is 0 Å². The number of aromatic nitrogens is 2. The van der Waals surface area contributed by atoms with Crippen molar-refractivity contribution in [2.75, 3.05) is 0 Å². The molecular weight excluding hydrogens is 226 g/mol. The van der Waals surface area contributed by atoms with Crippen LogP contribution in [0.1, 0.15) is 0 Å². The molecule has 0 spiro atoms. The fourth-order valence-corrected chi connectivity index (χ4v) is 2.05. The largest absolute Gasteiger partial charge is 0.329 e. The number of rotatable bonds is 2. The molecule has 0 atom stereocenters. The minimum absolute atomic E-state index is 0.0825. The van der Waals surface area contributed by atoms with E-state index in [0.717, 1.165) is 5.56 Å². The average molecular weight is 233 g/mol. The molecule has 1 N–H and O–H groups in total. The molecule has 6 heteroatoms. The molecule has 2 heterocycles. The zero-order valence-electron chi connectivity index (χ0n) is 8.14. The molecule has 0 saturated heterocycles. The third-order valence-corrected chi connectivity index (χ3v) is 2.76. The Kier molecular flexibility index (Phi) is 2.70. The van der Waals surface area contributed by atoms with Crippen LogP contribution in [0.3, 0.4) is 0 Å². The van der Waals surface area contributed by atoms with Crippen LogP contribution in [0, 0.1) is 11.3 Å². The van der Waals surface area contributed by atoms with Crippen LogP contribution in [-0.2, 0) is 6.54 Å². The number of nitrogens with zero attached hydrogens (tertiary/aromatic N) is 2. The number of thiophene rings is 1. The Morgan fingerprint density at radius 2 is 2.31 bits per heavy atom. The molecule has 5 nitrogen and oxygen atoms in total. The van der Waals surface area contributed by atoms with Gasteiger partial charge in [-0.1, -0.05) is 0 Å². The maximum Gasteiger partial charge on any atom is 0.329 e. The van der Waals surface area contributed by atoms with E-state index in [1.165, 1.54) is 22.0 Å². The number of hydrogen-bond donors (Lipinski definition) is 1. The molecule has 16 heavy (non-hydrogen) atoms. The van der Waals surface area contributed by atoms with Crippen molar-refractivity contribution in [3.8, 4) is 17.3 Å². The summed E-state index contributed by atoms with van der Waals surface area (Å²) >= 11 is 1.46. The van der Waals surface area contributed by atoms with Crippen LogP contribution in [0.15, 0.2) is 32.5 Å².